The molecule has 0 heterocycles. The topological polar surface area (TPSA) is 93.4 Å². The van der Waals surface area contributed by atoms with E-state index in [4.69, 9.17) is 10.5 Å². The van der Waals surface area contributed by atoms with Gasteiger partial charge in [-0.3, -0.25) is 9.59 Å². The monoisotopic (exact) mass is 319 g/mol. The Balaban J connectivity index is 1.99. The fourth-order valence-corrected chi connectivity index (χ4v) is 2.76. The van der Waals surface area contributed by atoms with Gasteiger partial charge in [0.05, 0.1) is 6.61 Å². The number of carbonyl (C=O) groups excluding carboxylic acids is 2. The van der Waals surface area contributed by atoms with Gasteiger partial charge in [-0.25, -0.2) is 0 Å². The van der Waals surface area contributed by atoms with Crippen LogP contribution in [0.3, 0.4) is 0 Å². The zero-order chi connectivity index (χ0) is 16.8. The molecule has 0 aliphatic heterocycles. The van der Waals surface area contributed by atoms with Gasteiger partial charge < -0.3 is 21.1 Å². The summed E-state index contributed by atoms with van der Waals surface area (Å²) >= 11 is 0. The van der Waals surface area contributed by atoms with Crippen LogP contribution in [0.5, 0.6) is 0 Å². The maximum Gasteiger partial charge on any atom is 0.251 e. The third kappa shape index (κ3) is 4.77. The summed E-state index contributed by atoms with van der Waals surface area (Å²) in [6.45, 7) is 2.01. The Labute approximate surface area is 136 Å². The fourth-order valence-electron chi connectivity index (χ4n) is 2.76. The minimum atomic E-state index is -0.718. The third-order valence-electron chi connectivity index (χ3n) is 4.12. The number of aryl methyl sites for hydroxylation is 1. The van der Waals surface area contributed by atoms with Gasteiger partial charge in [0.2, 0.25) is 5.91 Å². The summed E-state index contributed by atoms with van der Waals surface area (Å²) in [7, 11) is 1.50. The normalized spacial score (nSPS) is 16.1. The smallest absolute Gasteiger partial charge is 0.251 e. The molecule has 0 spiro atoms. The molecule has 1 aromatic rings. The first kappa shape index (κ1) is 17.4. The summed E-state index contributed by atoms with van der Waals surface area (Å²) in [6.07, 6.45) is 4.46. The average Bonchev–Trinajstić information content (AvgIpc) is 3.02. The number of anilines is 1. The third-order valence-corrected chi connectivity index (χ3v) is 4.12. The fraction of sp³-hybridized carbons (Fsp3) is 0.529. The molecule has 0 aromatic heterocycles. The van der Waals surface area contributed by atoms with Gasteiger partial charge in [-0.2, -0.15) is 0 Å². The highest BCUT2D eigenvalue weighted by atomic mass is 16.5. The lowest BCUT2D eigenvalue weighted by atomic mass is 10.1. The lowest BCUT2D eigenvalue weighted by molar-refractivity contribution is -0.118. The Morgan fingerprint density at radius 2 is 2.04 bits per heavy atom. The Kier molecular flexibility index (Phi) is 6.12. The molecule has 1 aliphatic carbocycles. The van der Waals surface area contributed by atoms with E-state index < -0.39 is 6.04 Å². The van der Waals surface area contributed by atoms with E-state index in [1.165, 1.54) is 20.0 Å². The van der Waals surface area contributed by atoms with Crippen LogP contribution in [0.2, 0.25) is 0 Å². The van der Waals surface area contributed by atoms with Crippen LogP contribution in [0.15, 0.2) is 18.2 Å². The summed E-state index contributed by atoms with van der Waals surface area (Å²) in [5.74, 6) is -0.368. The Hall–Kier alpha value is -1.92. The molecular weight excluding hydrogens is 294 g/mol. The van der Waals surface area contributed by atoms with Crippen LogP contribution in [0, 0.1) is 6.92 Å². The highest BCUT2D eigenvalue weighted by molar-refractivity contribution is 5.98. The van der Waals surface area contributed by atoms with E-state index in [1.54, 1.807) is 18.2 Å². The maximum absolute atomic E-state index is 12.2. The van der Waals surface area contributed by atoms with Crippen molar-refractivity contribution >= 4 is 17.5 Å². The van der Waals surface area contributed by atoms with Gasteiger partial charge in [-0.15, -0.1) is 0 Å². The van der Waals surface area contributed by atoms with E-state index in [-0.39, 0.29) is 24.5 Å². The summed E-state index contributed by atoms with van der Waals surface area (Å²) in [6, 6.07) is 4.80. The summed E-state index contributed by atoms with van der Waals surface area (Å²) in [5.41, 5.74) is 7.77. The molecule has 6 heteroatoms. The van der Waals surface area contributed by atoms with Gasteiger partial charge in [0.25, 0.3) is 5.91 Å². The van der Waals surface area contributed by atoms with Crippen molar-refractivity contribution in [2.75, 3.05) is 19.0 Å². The number of nitrogens with two attached hydrogens (primary N) is 1. The van der Waals surface area contributed by atoms with Crippen molar-refractivity contribution in [1.82, 2.24) is 5.32 Å². The van der Waals surface area contributed by atoms with Crippen LogP contribution in [-0.4, -0.2) is 37.6 Å². The quantitative estimate of drug-likeness (QED) is 0.742. The minimum absolute atomic E-state index is 0.0611. The van der Waals surface area contributed by atoms with E-state index in [2.05, 4.69) is 10.6 Å². The second-order valence-electron chi connectivity index (χ2n) is 6.04. The molecule has 23 heavy (non-hydrogen) atoms. The molecule has 126 valence electrons. The Bertz CT molecular complexity index is 568. The zero-order valence-corrected chi connectivity index (χ0v) is 13.7. The highest BCUT2D eigenvalue weighted by Gasteiger charge is 2.19. The van der Waals surface area contributed by atoms with Crippen molar-refractivity contribution in [2.24, 2.45) is 5.73 Å². The predicted molar refractivity (Wildman–Crippen MR) is 89.4 cm³/mol. The number of carbonyl (C=O) groups is 2. The SMILES string of the molecule is COCC(N)C(=O)Nc1ccc(C(=O)NC2CCCC2)cc1C. The number of amides is 2. The molecule has 1 atom stereocenters. The largest absolute Gasteiger partial charge is 0.383 e. The Morgan fingerprint density at radius 3 is 2.65 bits per heavy atom. The molecule has 2 rings (SSSR count). The van der Waals surface area contributed by atoms with Crippen molar-refractivity contribution in [1.29, 1.82) is 0 Å². The van der Waals surface area contributed by atoms with Crippen LogP contribution in [-0.2, 0) is 9.53 Å². The predicted octanol–water partition coefficient (Wildman–Crippen LogP) is 1.58. The van der Waals surface area contributed by atoms with Crippen LogP contribution >= 0.6 is 0 Å². The minimum Gasteiger partial charge on any atom is -0.383 e. The number of methoxy groups -OCH3 is 1. The second kappa shape index (κ2) is 8.08. The molecule has 0 saturated heterocycles. The maximum atomic E-state index is 12.2. The van der Waals surface area contributed by atoms with Crippen LogP contribution in [0.1, 0.15) is 41.6 Å². The van der Waals surface area contributed by atoms with Crippen molar-refractivity contribution < 1.29 is 14.3 Å². The zero-order valence-electron chi connectivity index (χ0n) is 13.7. The van der Waals surface area contributed by atoms with E-state index in [1.807, 2.05) is 6.92 Å². The van der Waals surface area contributed by atoms with Crippen molar-refractivity contribution in [2.45, 2.75) is 44.7 Å². The molecule has 1 saturated carbocycles. The lowest BCUT2D eigenvalue weighted by Crippen LogP contribution is -2.39. The molecule has 1 aromatic carbocycles. The first-order chi connectivity index (χ1) is 11.0. The van der Waals surface area contributed by atoms with E-state index in [9.17, 15) is 9.59 Å². The number of rotatable bonds is 6. The summed E-state index contributed by atoms with van der Waals surface area (Å²) in [4.78, 5) is 24.2. The second-order valence-corrected chi connectivity index (χ2v) is 6.04. The molecule has 0 bridgehead atoms. The molecule has 4 N–H and O–H groups in total. The molecule has 0 radical (unpaired) electrons. The first-order valence-corrected chi connectivity index (χ1v) is 7.98. The van der Waals surface area contributed by atoms with Gasteiger partial charge in [0.1, 0.15) is 6.04 Å². The first-order valence-electron chi connectivity index (χ1n) is 7.98. The lowest BCUT2D eigenvalue weighted by Gasteiger charge is -2.15. The number of benzene rings is 1. The molecule has 2 amide bonds. The van der Waals surface area contributed by atoms with Gasteiger partial charge in [0.15, 0.2) is 0 Å². The van der Waals surface area contributed by atoms with Gasteiger partial charge in [-0.05, 0) is 43.5 Å². The van der Waals surface area contributed by atoms with Crippen molar-refractivity contribution in [3.05, 3.63) is 29.3 Å². The molecule has 1 aliphatic rings. The van der Waals surface area contributed by atoms with E-state index in [0.717, 1.165) is 18.4 Å². The van der Waals surface area contributed by atoms with Crippen molar-refractivity contribution in [3.63, 3.8) is 0 Å². The van der Waals surface area contributed by atoms with Crippen molar-refractivity contribution in [3.8, 4) is 0 Å². The number of nitrogens with one attached hydrogen (secondary N) is 2. The highest BCUT2D eigenvalue weighted by Crippen LogP contribution is 2.20. The number of hydrogen-bond donors (Lipinski definition) is 3. The molecular formula is C17H25N3O3. The van der Waals surface area contributed by atoms with Gasteiger partial charge in [-0.1, -0.05) is 12.8 Å². The number of ether oxygens (including phenoxy) is 1. The number of hydrogen-bond acceptors (Lipinski definition) is 4. The van der Waals surface area contributed by atoms with Crippen LogP contribution in [0.4, 0.5) is 5.69 Å². The standard InChI is InChI=1S/C17H25N3O3/c1-11-9-12(16(21)19-13-5-3-4-6-13)7-8-15(11)20-17(22)14(18)10-23-2/h7-9,13-14H,3-6,10,18H2,1-2H3,(H,19,21)(H,20,22). The van der Waals surface area contributed by atoms with Gasteiger partial charge in [0, 0.05) is 24.4 Å². The Morgan fingerprint density at radius 1 is 1.35 bits per heavy atom. The van der Waals surface area contributed by atoms with Gasteiger partial charge >= 0.3 is 0 Å². The summed E-state index contributed by atoms with van der Waals surface area (Å²) in [5, 5.41) is 5.81. The molecule has 1 unspecified atom stereocenters. The van der Waals surface area contributed by atoms with E-state index in [0.29, 0.717) is 11.3 Å². The van der Waals surface area contributed by atoms with E-state index >= 15 is 0 Å². The average molecular weight is 319 g/mol. The molecule has 6 nitrogen and oxygen atoms in total. The van der Waals surface area contributed by atoms with Crippen LogP contribution in [0.25, 0.3) is 0 Å². The summed E-state index contributed by atoms with van der Waals surface area (Å²) < 4.78 is 4.87. The molecule has 1 fully saturated rings. The van der Waals surface area contributed by atoms with Crippen LogP contribution < -0.4 is 16.4 Å².